The summed E-state index contributed by atoms with van der Waals surface area (Å²) in [6, 6.07) is 6.02. The lowest BCUT2D eigenvalue weighted by molar-refractivity contribution is -0.124. The van der Waals surface area contributed by atoms with Gasteiger partial charge < -0.3 is 10.2 Å². The van der Waals surface area contributed by atoms with E-state index in [0.29, 0.717) is 0 Å². The van der Waals surface area contributed by atoms with Gasteiger partial charge in [-0.25, -0.2) is 0 Å². The molecule has 84 valence electrons. The third kappa shape index (κ3) is 1.16. The topological polar surface area (TPSA) is 32.3 Å². The Balaban J connectivity index is 2.10. The average molecular weight is 281 g/mol. The fraction of sp³-hybridized carbons (Fsp3) is 0.417. The lowest BCUT2D eigenvalue weighted by Gasteiger charge is -2.51. The molecule has 2 aliphatic rings. The summed E-state index contributed by atoms with van der Waals surface area (Å²) in [5.74, 6) is 0.145. The first-order valence-electron chi connectivity index (χ1n) is 5.48. The number of hydrogen-bond acceptors (Lipinski definition) is 2. The Kier molecular flexibility index (Phi) is 2.05. The molecule has 1 N–H and O–H groups in total. The highest BCUT2D eigenvalue weighted by Gasteiger charge is 2.50. The highest BCUT2D eigenvalue weighted by atomic mass is 79.9. The largest absolute Gasteiger partial charge is 0.359 e. The molecule has 0 unspecified atom stereocenters. The number of halogens is 1. The molecule has 0 bridgehead atoms. The third-order valence-corrected chi connectivity index (χ3v) is 4.31. The SMILES string of the molecule is CN1c2ccc(Br)cc2NC(=O)C12CCC2. The van der Waals surface area contributed by atoms with Crippen molar-refractivity contribution in [1.82, 2.24) is 0 Å². The van der Waals surface area contributed by atoms with E-state index in [1.54, 1.807) is 0 Å². The number of carbonyl (C=O) groups is 1. The second kappa shape index (κ2) is 3.23. The standard InChI is InChI=1S/C12H13BrN2O/c1-15-10-4-3-8(13)7-9(10)14-11(16)12(15)5-2-6-12/h3-4,7H,2,5-6H2,1H3,(H,14,16). The summed E-state index contributed by atoms with van der Waals surface area (Å²) in [6.07, 6.45) is 3.07. The lowest BCUT2D eigenvalue weighted by Crippen LogP contribution is -2.62. The lowest BCUT2D eigenvalue weighted by atomic mass is 9.73. The zero-order valence-corrected chi connectivity index (χ0v) is 10.7. The predicted molar refractivity (Wildman–Crippen MR) is 67.8 cm³/mol. The molecule has 3 nitrogen and oxygen atoms in total. The number of likely N-dealkylation sites (N-methyl/N-ethyl adjacent to an activating group) is 1. The quantitative estimate of drug-likeness (QED) is 0.793. The highest BCUT2D eigenvalue weighted by molar-refractivity contribution is 9.10. The van der Waals surface area contributed by atoms with Crippen molar-refractivity contribution in [3.63, 3.8) is 0 Å². The van der Waals surface area contributed by atoms with E-state index in [0.717, 1.165) is 35.1 Å². The van der Waals surface area contributed by atoms with Crippen molar-refractivity contribution in [3.8, 4) is 0 Å². The van der Waals surface area contributed by atoms with Crippen molar-refractivity contribution < 1.29 is 4.79 Å². The van der Waals surface area contributed by atoms with Crippen molar-refractivity contribution in [2.45, 2.75) is 24.8 Å². The van der Waals surface area contributed by atoms with Gasteiger partial charge in [-0.2, -0.15) is 0 Å². The minimum Gasteiger partial charge on any atom is -0.359 e. The Hall–Kier alpha value is -1.03. The second-order valence-electron chi connectivity index (χ2n) is 4.56. The molecule has 1 aromatic rings. The highest BCUT2D eigenvalue weighted by Crippen LogP contribution is 2.46. The first-order chi connectivity index (χ1) is 7.63. The monoisotopic (exact) mass is 280 g/mol. The van der Waals surface area contributed by atoms with E-state index < -0.39 is 0 Å². The van der Waals surface area contributed by atoms with Crippen molar-refractivity contribution in [2.75, 3.05) is 17.3 Å². The van der Waals surface area contributed by atoms with E-state index >= 15 is 0 Å². The van der Waals surface area contributed by atoms with E-state index in [1.807, 2.05) is 19.2 Å². The van der Waals surface area contributed by atoms with Gasteiger partial charge in [-0.15, -0.1) is 0 Å². The predicted octanol–water partition coefficient (Wildman–Crippen LogP) is 2.76. The van der Waals surface area contributed by atoms with Crippen molar-refractivity contribution >= 4 is 33.2 Å². The summed E-state index contributed by atoms with van der Waals surface area (Å²) in [5, 5.41) is 3.01. The number of anilines is 2. The molecule has 1 amide bonds. The van der Waals surface area contributed by atoms with Crippen LogP contribution < -0.4 is 10.2 Å². The molecule has 0 atom stereocenters. The summed E-state index contributed by atoms with van der Waals surface area (Å²) in [5.41, 5.74) is 1.74. The molecule has 1 aliphatic carbocycles. The van der Waals surface area contributed by atoms with Gasteiger partial charge in [0.05, 0.1) is 11.4 Å². The van der Waals surface area contributed by atoms with Gasteiger partial charge in [-0.3, -0.25) is 4.79 Å². The van der Waals surface area contributed by atoms with Gasteiger partial charge in [0.1, 0.15) is 5.54 Å². The molecule has 1 aromatic carbocycles. The maximum atomic E-state index is 12.1. The van der Waals surface area contributed by atoms with E-state index in [4.69, 9.17) is 0 Å². The molecule has 0 radical (unpaired) electrons. The van der Waals surface area contributed by atoms with Gasteiger partial charge in [0.25, 0.3) is 0 Å². The van der Waals surface area contributed by atoms with Crippen LogP contribution in [0.5, 0.6) is 0 Å². The summed E-state index contributed by atoms with van der Waals surface area (Å²) in [6.45, 7) is 0. The van der Waals surface area contributed by atoms with Gasteiger partial charge in [0, 0.05) is 11.5 Å². The molecule has 1 heterocycles. The van der Waals surface area contributed by atoms with Crippen molar-refractivity contribution in [2.24, 2.45) is 0 Å². The van der Waals surface area contributed by atoms with Crippen LogP contribution in [0.3, 0.4) is 0 Å². The summed E-state index contributed by atoms with van der Waals surface area (Å²) in [4.78, 5) is 14.3. The fourth-order valence-corrected chi connectivity index (χ4v) is 2.96. The van der Waals surface area contributed by atoms with E-state index in [1.165, 1.54) is 0 Å². The normalized spacial score (nSPS) is 21.4. The number of rotatable bonds is 0. The molecule has 3 rings (SSSR count). The van der Waals surface area contributed by atoms with E-state index in [9.17, 15) is 4.79 Å². The summed E-state index contributed by atoms with van der Waals surface area (Å²) in [7, 11) is 2.02. The van der Waals surface area contributed by atoms with Crippen LogP contribution in [0.2, 0.25) is 0 Å². The van der Waals surface area contributed by atoms with Gasteiger partial charge in [0.2, 0.25) is 5.91 Å². The van der Waals surface area contributed by atoms with Crippen LogP contribution in [0, 0.1) is 0 Å². The number of nitrogens with zero attached hydrogens (tertiary/aromatic N) is 1. The van der Waals surface area contributed by atoms with Gasteiger partial charge in [-0.05, 0) is 37.5 Å². The number of carbonyl (C=O) groups excluding carboxylic acids is 1. The Labute approximate surface area is 103 Å². The number of amides is 1. The molecule has 1 saturated carbocycles. The number of hydrogen-bond donors (Lipinski definition) is 1. The average Bonchev–Trinajstić information content (AvgIpc) is 2.14. The Morgan fingerprint density at radius 2 is 2.19 bits per heavy atom. The molecular weight excluding hydrogens is 268 g/mol. The molecule has 1 aliphatic heterocycles. The van der Waals surface area contributed by atoms with Crippen LogP contribution in [0.15, 0.2) is 22.7 Å². The first-order valence-corrected chi connectivity index (χ1v) is 6.28. The molecule has 1 fully saturated rings. The summed E-state index contributed by atoms with van der Waals surface area (Å²) >= 11 is 3.42. The van der Waals surface area contributed by atoms with Crippen LogP contribution in [0.1, 0.15) is 19.3 Å². The molecule has 4 heteroatoms. The summed E-state index contributed by atoms with van der Waals surface area (Å²) < 4.78 is 0.990. The van der Waals surface area contributed by atoms with Gasteiger partial charge in [-0.1, -0.05) is 15.9 Å². The van der Waals surface area contributed by atoms with Crippen LogP contribution in [0.4, 0.5) is 11.4 Å². The zero-order chi connectivity index (χ0) is 11.3. The maximum Gasteiger partial charge on any atom is 0.250 e. The molecular formula is C12H13BrN2O. The molecule has 0 aromatic heterocycles. The smallest absolute Gasteiger partial charge is 0.250 e. The van der Waals surface area contributed by atoms with Crippen LogP contribution in [-0.4, -0.2) is 18.5 Å². The fourth-order valence-electron chi connectivity index (χ4n) is 2.60. The first kappa shape index (κ1) is 10.1. The van der Waals surface area contributed by atoms with E-state index in [2.05, 4.69) is 32.2 Å². The molecule has 1 spiro atoms. The Morgan fingerprint density at radius 3 is 2.81 bits per heavy atom. The van der Waals surface area contributed by atoms with Gasteiger partial charge >= 0.3 is 0 Å². The minimum atomic E-state index is -0.277. The second-order valence-corrected chi connectivity index (χ2v) is 5.48. The third-order valence-electron chi connectivity index (χ3n) is 3.81. The number of fused-ring (bicyclic) bond motifs is 1. The zero-order valence-electron chi connectivity index (χ0n) is 9.09. The van der Waals surface area contributed by atoms with Gasteiger partial charge in [0.15, 0.2) is 0 Å². The number of benzene rings is 1. The Morgan fingerprint density at radius 1 is 1.44 bits per heavy atom. The van der Waals surface area contributed by atoms with Crippen molar-refractivity contribution in [1.29, 1.82) is 0 Å². The number of nitrogens with one attached hydrogen (secondary N) is 1. The van der Waals surface area contributed by atoms with E-state index in [-0.39, 0.29) is 11.4 Å². The molecule has 16 heavy (non-hydrogen) atoms. The van der Waals surface area contributed by atoms with Crippen LogP contribution in [-0.2, 0) is 4.79 Å². The van der Waals surface area contributed by atoms with Crippen LogP contribution in [0.25, 0.3) is 0 Å². The minimum absolute atomic E-state index is 0.145. The Bertz CT molecular complexity index is 468. The van der Waals surface area contributed by atoms with Crippen molar-refractivity contribution in [3.05, 3.63) is 22.7 Å². The molecule has 0 saturated heterocycles. The van der Waals surface area contributed by atoms with Crippen LogP contribution >= 0.6 is 15.9 Å². The maximum absolute atomic E-state index is 12.1.